The number of pyridine rings is 1. The fraction of sp³-hybridized carbons (Fsp3) is 0.526. The molecule has 132 valence electrons. The molecule has 2 fully saturated rings. The lowest BCUT2D eigenvalue weighted by Gasteiger charge is -2.38. The average molecular weight is 340 g/mol. The molecular weight excluding hydrogens is 316 g/mol. The molecule has 0 aliphatic heterocycles. The van der Waals surface area contributed by atoms with E-state index in [1.807, 2.05) is 12.1 Å². The van der Waals surface area contributed by atoms with Crippen LogP contribution in [-0.2, 0) is 0 Å². The van der Waals surface area contributed by atoms with E-state index in [2.05, 4.69) is 15.4 Å². The maximum Gasteiger partial charge on any atom is 0.267 e. The zero-order chi connectivity index (χ0) is 17.2. The Morgan fingerprint density at radius 1 is 1.00 bits per heavy atom. The van der Waals surface area contributed by atoms with Crippen LogP contribution in [0.4, 0.5) is 0 Å². The topological polar surface area (TPSA) is 80.0 Å². The quantitative estimate of drug-likeness (QED) is 0.889. The van der Waals surface area contributed by atoms with Gasteiger partial charge in [0.15, 0.2) is 0 Å². The fourth-order valence-corrected chi connectivity index (χ4v) is 3.83. The van der Waals surface area contributed by atoms with Crippen LogP contribution in [0.15, 0.2) is 41.5 Å². The summed E-state index contributed by atoms with van der Waals surface area (Å²) in [6.07, 6.45) is 9.17. The average Bonchev–Trinajstić information content (AvgIpc) is 2.66. The van der Waals surface area contributed by atoms with Gasteiger partial charge in [-0.15, -0.1) is 0 Å². The van der Waals surface area contributed by atoms with Gasteiger partial charge >= 0.3 is 0 Å². The van der Waals surface area contributed by atoms with Gasteiger partial charge in [0.2, 0.25) is 0 Å². The lowest BCUT2D eigenvalue weighted by molar-refractivity contribution is 0.0397. The van der Waals surface area contributed by atoms with Crippen LogP contribution in [0, 0.1) is 0 Å². The molecule has 6 nitrogen and oxygen atoms in total. The van der Waals surface area contributed by atoms with Crippen molar-refractivity contribution in [3.8, 4) is 11.3 Å². The summed E-state index contributed by atoms with van der Waals surface area (Å²) in [6, 6.07) is 8.05. The van der Waals surface area contributed by atoms with E-state index in [1.54, 1.807) is 29.2 Å². The minimum absolute atomic E-state index is 0.0383. The first-order valence-electron chi connectivity index (χ1n) is 9.15. The van der Waals surface area contributed by atoms with Crippen LogP contribution in [0.2, 0.25) is 0 Å². The molecule has 2 aliphatic carbocycles. The smallest absolute Gasteiger partial charge is 0.267 e. The van der Waals surface area contributed by atoms with Gasteiger partial charge in [0.05, 0.1) is 17.8 Å². The number of aliphatic hydroxyl groups is 1. The number of hydrogen-bond acceptors (Lipinski definition) is 5. The van der Waals surface area contributed by atoms with Crippen LogP contribution < -0.4 is 10.9 Å². The van der Waals surface area contributed by atoms with Crippen molar-refractivity contribution in [3.05, 3.63) is 47.0 Å². The second kappa shape index (κ2) is 7.06. The van der Waals surface area contributed by atoms with Crippen LogP contribution in [0.1, 0.15) is 44.6 Å². The summed E-state index contributed by atoms with van der Waals surface area (Å²) in [5, 5.41) is 17.9. The zero-order valence-electron chi connectivity index (χ0n) is 14.2. The van der Waals surface area contributed by atoms with Crippen molar-refractivity contribution in [2.75, 3.05) is 0 Å². The van der Waals surface area contributed by atoms with Gasteiger partial charge < -0.3 is 10.4 Å². The second-order valence-corrected chi connectivity index (χ2v) is 7.16. The largest absolute Gasteiger partial charge is 0.392 e. The minimum atomic E-state index is -0.181. The van der Waals surface area contributed by atoms with E-state index in [-0.39, 0.29) is 23.7 Å². The van der Waals surface area contributed by atoms with Gasteiger partial charge in [-0.2, -0.15) is 5.10 Å². The molecule has 2 heterocycles. The second-order valence-electron chi connectivity index (χ2n) is 7.16. The first-order chi connectivity index (χ1) is 12.2. The Hall–Kier alpha value is -2.05. The van der Waals surface area contributed by atoms with Crippen LogP contribution >= 0.6 is 0 Å². The predicted molar refractivity (Wildman–Crippen MR) is 95.2 cm³/mol. The Kier molecular flexibility index (Phi) is 4.63. The summed E-state index contributed by atoms with van der Waals surface area (Å²) in [4.78, 5) is 16.3. The van der Waals surface area contributed by atoms with Gasteiger partial charge in [0.25, 0.3) is 5.56 Å². The van der Waals surface area contributed by atoms with E-state index in [0.717, 1.165) is 49.8 Å². The molecule has 0 amide bonds. The number of nitrogens with one attached hydrogen (secondary N) is 1. The van der Waals surface area contributed by atoms with E-state index >= 15 is 0 Å². The molecule has 0 radical (unpaired) electrons. The fourth-order valence-electron chi connectivity index (χ4n) is 3.83. The summed E-state index contributed by atoms with van der Waals surface area (Å²) in [5.74, 6) is 0. The van der Waals surface area contributed by atoms with Crippen molar-refractivity contribution in [1.29, 1.82) is 0 Å². The minimum Gasteiger partial charge on any atom is -0.392 e. The van der Waals surface area contributed by atoms with E-state index in [1.165, 1.54) is 0 Å². The molecular formula is C19H24N4O2. The summed E-state index contributed by atoms with van der Waals surface area (Å²) in [7, 11) is 0. The highest BCUT2D eigenvalue weighted by atomic mass is 16.3. The van der Waals surface area contributed by atoms with Crippen LogP contribution in [0.5, 0.6) is 0 Å². The summed E-state index contributed by atoms with van der Waals surface area (Å²) >= 11 is 0. The summed E-state index contributed by atoms with van der Waals surface area (Å²) in [5.41, 5.74) is 1.74. The molecule has 2 aliphatic rings. The Labute approximate surface area is 146 Å². The molecule has 0 saturated heterocycles. The van der Waals surface area contributed by atoms with Gasteiger partial charge in [-0.05, 0) is 56.7 Å². The number of aliphatic hydroxyl groups excluding tert-OH is 1. The molecule has 2 saturated carbocycles. The highest BCUT2D eigenvalue weighted by molar-refractivity contribution is 5.57. The first kappa shape index (κ1) is 16.4. The molecule has 2 N–H and O–H groups in total. The van der Waals surface area contributed by atoms with Gasteiger partial charge in [-0.25, -0.2) is 4.68 Å². The lowest BCUT2D eigenvalue weighted by atomic mass is 9.85. The Bertz CT molecular complexity index is 768. The van der Waals surface area contributed by atoms with Crippen LogP contribution in [0.25, 0.3) is 11.3 Å². The molecule has 6 heteroatoms. The normalized spacial score (nSPS) is 29.2. The van der Waals surface area contributed by atoms with E-state index in [9.17, 15) is 9.90 Å². The van der Waals surface area contributed by atoms with Crippen molar-refractivity contribution in [2.45, 2.75) is 62.8 Å². The molecule has 25 heavy (non-hydrogen) atoms. The van der Waals surface area contributed by atoms with Crippen molar-refractivity contribution < 1.29 is 5.11 Å². The highest BCUT2D eigenvalue weighted by Gasteiger charge is 2.32. The van der Waals surface area contributed by atoms with Gasteiger partial charge in [-0.1, -0.05) is 0 Å². The highest BCUT2D eigenvalue weighted by Crippen LogP contribution is 2.29. The molecule has 2 atom stereocenters. The van der Waals surface area contributed by atoms with Gasteiger partial charge in [-0.3, -0.25) is 9.78 Å². The molecule has 2 unspecified atom stereocenters. The number of aromatic nitrogens is 3. The van der Waals surface area contributed by atoms with Gasteiger partial charge in [0.1, 0.15) is 0 Å². The summed E-state index contributed by atoms with van der Waals surface area (Å²) in [6.45, 7) is 0. The maximum atomic E-state index is 12.3. The number of nitrogens with zero attached hydrogens (tertiary/aromatic N) is 3. The molecule has 2 aromatic rings. The molecule has 0 spiro atoms. The third-order valence-electron chi connectivity index (χ3n) is 5.53. The van der Waals surface area contributed by atoms with E-state index < -0.39 is 0 Å². The summed E-state index contributed by atoms with van der Waals surface area (Å²) < 4.78 is 1.66. The monoisotopic (exact) mass is 340 g/mol. The molecule has 0 bridgehead atoms. The molecule has 4 rings (SSSR count). The van der Waals surface area contributed by atoms with Crippen molar-refractivity contribution in [2.24, 2.45) is 0 Å². The van der Waals surface area contributed by atoms with Crippen LogP contribution in [-0.4, -0.2) is 38.1 Å². The number of hydrogen-bond donors (Lipinski definition) is 2. The van der Waals surface area contributed by atoms with Crippen molar-refractivity contribution in [3.63, 3.8) is 0 Å². The third kappa shape index (κ3) is 3.50. The molecule has 2 aromatic heterocycles. The SMILES string of the molecule is O=c1ccc(-c2ccncc2)nn1C1CCC(NC2CCC2O)CC1. The lowest BCUT2D eigenvalue weighted by Crippen LogP contribution is -2.52. The third-order valence-corrected chi connectivity index (χ3v) is 5.53. The number of rotatable bonds is 4. The molecule has 0 aromatic carbocycles. The van der Waals surface area contributed by atoms with Crippen LogP contribution in [0.3, 0.4) is 0 Å². The maximum absolute atomic E-state index is 12.3. The Morgan fingerprint density at radius 3 is 2.40 bits per heavy atom. The van der Waals surface area contributed by atoms with Crippen molar-refractivity contribution >= 4 is 0 Å². The van der Waals surface area contributed by atoms with E-state index in [0.29, 0.717) is 6.04 Å². The Balaban J connectivity index is 1.45. The van der Waals surface area contributed by atoms with Crippen molar-refractivity contribution in [1.82, 2.24) is 20.1 Å². The standard InChI is InChI=1S/C19H24N4O2/c24-18-7-5-17(18)21-14-1-3-15(4-2-14)23-19(25)8-6-16(22-23)13-9-11-20-12-10-13/h6,8-12,14-15,17-18,21,24H,1-5,7H2. The zero-order valence-corrected chi connectivity index (χ0v) is 14.2. The Morgan fingerprint density at radius 2 is 1.76 bits per heavy atom. The van der Waals surface area contributed by atoms with E-state index in [4.69, 9.17) is 0 Å². The van der Waals surface area contributed by atoms with Gasteiger partial charge in [0, 0.05) is 36.1 Å². The predicted octanol–water partition coefficient (Wildman–Crippen LogP) is 1.90. The first-order valence-corrected chi connectivity index (χ1v) is 9.15.